The van der Waals surface area contributed by atoms with Crippen molar-refractivity contribution in [2.75, 3.05) is 0 Å². The first-order valence-corrected chi connectivity index (χ1v) is 6.57. The van der Waals surface area contributed by atoms with E-state index in [2.05, 4.69) is 16.8 Å². The molecule has 0 amide bonds. The summed E-state index contributed by atoms with van der Waals surface area (Å²) in [6.07, 6.45) is 7.87. The lowest BCUT2D eigenvalue weighted by Gasteiger charge is -2.18. The lowest BCUT2D eigenvalue weighted by atomic mass is 9.94. The molecule has 1 heterocycles. The number of nitrogens with two attached hydrogens (primary N) is 1. The molecule has 78 valence electrons. The molecule has 14 heavy (non-hydrogen) atoms. The van der Waals surface area contributed by atoms with E-state index in [-0.39, 0.29) is 0 Å². The van der Waals surface area contributed by atoms with Crippen molar-refractivity contribution in [3.63, 3.8) is 0 Å². The van der Waals surface area contributed by atoms with E-state index in [1.807, 2.05) is 0 Å². The van der Waals surface area contributed by atoms with Gasteiger partial charge in [-0.2, -0.15) is 11.3 Å². The van der Waals surface area contributed by atoms with Crippen molar-refractivity contribution in [2.45, 2.75) is 44.6 Å². The Hall–Kier alpha value is -0.340. The average Bonchev–Trinajstić information content (AvgIpc) is 2.87. The third-order valence-electron chi connectivity index (χ3n) is 3.35. The Morgan fingerprint density at radius 3 is 2.86 bits per heavy atom. The van der Waals surface area contributed by atoms with Gasteiger partial charge >= 0.3 is 0 Å². The summed E-state index contributed by atoms with van der Waals surface area (Å²) in [7, 11) is 0. The van der Waals surface area contributed by atoms with E-state index in [1.165, 1.54) is 44.1 Å². The first kappa shape index (κ1) is 10.2. The Labute approximate surface area is 90.3 Å². The number of hydrogen-bond donors (Lipinski definition) is 1. The second-order valence-electron chi connectivity index (χ2n) is 4.38. The van der Waals surface area contributed by atoms with Crippen molar-refractivity contribution in [1.29, 1.82) is 0 Å². The Balaban J connectivity index is 1.74. The van der Waals surface area contributed by atoms with Gasteiger partial charge in [-0.3, -0.25) is 0 Å². The van der Waals surface area contributed by atoms with E-state index in [4.69, 9.17) is 5.73 Å². The van der Waals surface area contributed by atoms with Gasteiger partial charge in [0, 0.05) is 6.04 Å². The number of rotatable bonds is 4. The van der Waals surface area contributed by atoms with Gasteiger partial charge in [0.1, 0.15) is 0 Å². The quantitative estimate of drug-likeness (QED) is 0.809. The summed E-state index contributed by atoms with van der Waals surface area (Å²) in [4.78, 5) is 0. The molecule has 0 radical (unpaired) electrons. The highest BCUT2D eigenvalue weighted by Gasteiger charge is 2.21. The standard InChI is InChI=1S/C12H19NS/c13-12(11-3-1-2-4-11)6-5-10-7-8-14-9-10/h7-9,11-12H,1-6,13H2. The van der Waals surface area contributed by atoms with Gasteiger partial charge in [0.05, 0.1) is 0 Å². The molecule has 1 fully saturated rings. The zero-order valence-corrected chi connectivity index (χ0v) is 9.43. The highest BCUT2D eigenvalue weighted by molar-refractivity contribution is 7.07. The summed E-state index contributed by atoms with van der Waals surface area (Å²) < 4.78 is 0. The lowest BCUT2D eigenvalue weighted by molar-refractivity contribution is 0.410. The van der Waals surface area contributed by atoms with Crippen molar-refractivity contribution < 1.29 is 0 Å². The second-order valence-corrected chi connectivity index (χ2v) is 5.16. The molecule has 0 aliphatic heterocycles. The van der Waals surface area contributed by atoms with Crippen LogP contribution in [0.4, 0.5) is 0 Å². The molecule has 1 aromatic rings. The number of thiophene rings is 1. The maximum Gasteiger partial charge on any atom is 0.00703 e. The number of aryl methyl sites for hydroxylation is 1. The maximum atomic E-state index is 6.20. The SMILES string of the molecule is NC(CCc1ccsc1)C1CCCC1. The summed E-state index contributed by atoms with van der Waals surface area (Å²) in [5.74, 6) is 0.814. The fraction of sp³-hybridized carbons (Fsp3) is 0.667. The van der Waals surface area contributed by atoms with Crippen LogP contribution in [-0.2, 0) is 6.42 Å². The zero-order chi connectivity index (χ0) is 9.80. The molecule has 1 unspecified atom stereocenters. The lowest BCUT2D eigenvalue weighted by Crippen LogP contribution is -2.28. The van der Waals surface area contributed by atoms with Gasteiger partial charge in [-0.1, -0.05) is 12.8 Å². The van der Waals surface area contributed by atoms with Gasteiger partial charge in [-0.15, -0.1) is 0 Å². The van der Waals surface area contributed by atoms with Crippen LogP contribution in [0.2, 0.25) is 0 Å². The monoisotopic (exact) mass is 209 g/mol. The van der Waals surface area contributed by atoms with Crippen LogP contribution >= 0.6 is 11.3 Å². The van der Waals surface area contributed by atoms with Crippen LogP contribution in [0.5, 0.6) is 0 Å². The van der Waals surface area contributed by atoms with E-state index in [9.17, 15) is 0 Å². The highest BCUT2D eigenvalue weighted by atomic mass is 32.1. The summed E-state index contributed by atoms with van der Waals surface area (Å²) in [5, 5.41) is 4.39. The smallest absolute Gasteiger partial charge is 0.00703 e. The molecule has 1 aliphatic carbocycles. The van der Waals surface area contributed by atoms with Crippen molar-refractivity contribution in [3.8, 4) is 0 Å². The van der Waals surface area contributed by atoms with Crippen LogP contribution in [0.25, 0.3) is 0 Å². The van der Waals surface area contributed by atoms with E-state index < -0.39 is 0 Å². The molecule has 1 atom stereocenters. The third kappa shape index (κ3) is 2.58. The van der Waals surface area contributed by atoms with E-state index in [0.717, 1.165) is 5.92 Å². The van der Waals surface area contributed by atoms with Gasteiger partial charge < -0.3 is 5.73 Å². The minimum absolute atomic E-state index is 0.442. The van der Waals surface area contributed by atoms with Gasteiger partial charge in [-0.05, 0) is 54.0 Å². The fourth-order valence-electron chi connectivity index (χ4n) is 2.39. The molecule has 2 heteroatoms. The molecule has 1 saturated carbocycles. The van der Waals surface area contributed by atoms with Crippen LogP contribution in [-0.4, -0.2) is 6.04 Å². The largest absolute Gasteiger partial charge is 0.327 e. The van der Waals surface area contributed by atoms with Gasteiger partial charge in [0.2, 0.25) is 0 Å². The maximum absolute atomic E-state index is 6.20. The molecule has 0 bridgehead atoms. The minimum Gasteiger partial charge on any atom is -0.327 e. The van der Waals surface area contributed by atoms with Crippen LogP contribution in [0.15, 0.2) is 16.8 Å². The van der Waals surface area contributed by atoms with Crippen LogP contribution in [0.1, 0.15) is 37.7 Å². The summed E-state index contributed by atoms with van der Waals surface area (Å²) >= 11 is 1.78. The molecular weight excluding hydrogens is 190 g/mol. The molecule has 0 spiro atoms. The fourth-order valence-corrected chi connectivity index (χ4v) is 3.09. The molecule has 0 saturated heterocycles. The van der Waals surface area contributed by atoms with Crippen molar-refractivity contribution in [1.82, 2.24) is 0 Å². The Morgan fingerprint density at radius 1 is 1.43 bits per heavy atom. The normalized spacial score (nSPS) is 20.1. The highest BCUT2D eigenvalue weighted by Crippen LogP contribution is 2.28. The topological polar surface area (TPSA) is 26.0 Å². The Kier molecular flexibility index (Phi) is 3.60. The number of hydrogen-bond acceptors (Lipinski definition) is 2. The zero-order valence-electron chi connectivity index (χ0n) is 8.61. The summed E-state index contributed by atoms with van der Waals surface area (Å²) in [6, 6.07) is 2.66. The van der Waals surface area contributed by atoms with Crippen LogP contribution in [0.3, 0.4) is 0 Å². The summed E-state index contributed by atoms with van der Waals surface area (Å²) in [6.45, 7) is 0. The van der Waals surface area contributed by atoms with Crippen molar-refractivity contribution >= 4 is 11.3 Å². The molecule has 0 aromatic carbocycles. The summed E-state index contributed by atoms with van der Waals surface area (Å²) in [5.41, 5.74) is 7.66. The van der Waals surface area contributed by atoms with E-state index >= 15 is 0 Å². The van der Waals surface area contributed by atoms with Gasteiger partial charge in [-0.25, -0.2) is 0 Å². The van der Waals surface area contributed by atoms with Crippen LogP contribution in [0, 0.1) is 5.92 Å². The van der Waals surface area contributed by atoms with Gasteiger partial charge in [0.15, 0.2) is 0 Å². The Morgan fingerprint density at radius 2 is 2.21 bits per heavy atom. The van der Waals surface area contributed by atoms with Crippen LogP contribution < -0.4 is 5.73 Å². The first-order valence-electron chi connectivity index (χ1n) is 5.63. The molecule has 1 aliphatic rings. The Bertz CT molecular complexity index is 249. The molecule has 1 aromatic heterocycles. The van der Waals surface area contributed by atoms with E-state index in [0.29, 0.717) is 6.04 Å². The molecule has 1 nitrogen and oxygen atoms in total. The van der Waals surface area contributed by atoms with Gasteiger partial charge in [0.25, 0.3) is 0 Å². The predicted molar refractivity (Wildman–Crippen MR) is 62.6 cm³/mol. The second kappa shape index (κ2) is 4.94. The molecule has 2 N–H and O–H groups in total. The molecule has 2 rings (SSSR count). The average molecular weight is 209 g/mol. The predicted octanol–water partition coefficient (Wildman–Crippen LogP) is 3.20. The first-order chi connectivity index (χ1) is 6.86. The van der Waals surface area contributed by atoms with Crippen molar-refractivity contribution in [3.05, 3.63) is 22.4 Å². The minimum atomic E-state index is 0.442. The van der Waals surface area contributed by atoms with Crippen molar-refractivity contribution in [2.24, 2.45) is 11.7 Å². The third-order valence-corrected chi connectivity index (χ3v) is 4.08. The molecular formula is C12H19NS. The van der Waals surface area contributed by atoms with E-state index in [1.54, 1.807) is 11.3 Å².